The summed E-state index contributed by atoms with van der Waals surface area (Å²) in [6, 6.07) is 19.8. The maximum atomic E-state index is 12.0. The lowest BCUT2D eigenvalue weighted by Crippen LogP contribution is -2.26. The van der Waals surface area contributed by atoms with Gasteiger partial charge in [0.05, 0.1) is 6.42 Å². The summed E-state index contributed by atoms with van der Waals surface area (Å²) in [6.07, 6.45) is 1.28. The Kier molecular flexibility index (Phi) is 4.79. The first-order valence-electron chi connectivity index (χ1n) is 7.50. The van der Waals surface area contributed by atoms with E-state index in [2.05, 4.69) is 15.5 Å². The van der Waals surface area contributed by atoms with Crippen LogP contribution >= 0.6 is 0 Å². The van der Waals surface area contributed by atoms with Gasteiger partial charge in [-0.15, -0.1) is 10.2 Å². The smallest absolute Gasteiger partial charge is 0.308 e. The van der Waals surface area contributed by atoms with Crippen LogP contribution in [0.5, 0.6) is 0 Å². The summed E-state index contributed by atoms with van der Waals surface area (Å²) < 4.78 is 5.42. The molecule has 0 fully saturated rings. The van der Waals surface area contributed by atoms with Crippen molar-refractivity contribution in [2.45, 2.75) is 12.8 Å². The summed E-state index contributed by atoms with van der Waals surface area (Å²) >= 11 is 0. The van der Waals surface area contributed by atoms with E-state index in [0.29, 0.717) is 18.9 Å². The van der Waals surface area contributed by atoms with Gasteiger partial charge >= 0.3 is 11.8 Å². The fourth-order valence-corrected chi connectivity index (χ4v) is 2.23. The lowest BCUT2D eigenvalue weighted by atomic mass is 10.1. The molecule has 0 saturated heterocycles. The summed E-state index contributed by atoms with van der Waals surface area (Å²) in [4.78, 5) is 12.0. The molecule has 5 nitrogen and oxygen atoms in total. The highest BCUT2D eigenvalue weighted by Gasteiger charge is 2.14. The number of benzene rings is 2. The second-order valence-electron chi connectivity index (χ2n) is 5.15. The predicted molar refractivity (Wildman–Crippen MR) is 86.0 cm³/mol. The van der Waals surface area contributed by atoms with Gasteiger partial charge in [0.25, 0.3) is 0 Å². The molecular formula is C18H17N3O2. The molecule has 0 spiro atoms. The normalized spacial score (nSPS) is 10.4. The molecule has 0 saturated carbocycles. The quantitative estimate of drug-likeness (QED) is 0.760. The second-order valence-corrected chi connectivity index (χ2v) is 5.15. The molecule has 1 N–H and O–H groups in total. The molecule has 0 unspecified atom stereocenters. The molecule has 23 heavy (non-hydrogen) atoms. The number of carbonyl (C=O) groups is 1. The van der Waals surface area contributed by atoms with E-state index >= 15 is 0 Å². The molecule has 0 radical (unpaired) electrons. The Balaban J connectivity index is 1.52. The third-order valence-electron chi connectivity index (χ3n) is 3.40. The molecule has 3 rings (SSSR count). The number of amides is 1. The standard InChI is InChI=1S/C18H17N3O2/c22-17(19-12-11-14-7-3-1-4-8-14)18-21-20-16(23-18)13-15-9-5-2-6-10-15/h1-10H,11-13H2,(H,19,22). The first-order valence-corrected chi connectivity index (χ1v) is 7.50. The van der Waals surface area contributed by atoms with Crippen LogP contribution in [0.2, 0.25) is 0 Å². The molecular weight excluding hydrogens is 290 g/mol. The van der Waals surface area contributed by atoms with Crippen molar-refractivity contribution in [2.75, 3.05) is 6.54 Å². The van der Waals surface area contributed by atoms with E-state index < -0.39 is 0 Å². The molecule has 0 aliphatic rings. The molecule has 1 heterocycles. The van der Waals surface area contributed by atoms with Crippen molar-refractivity contribution in [3.8, 4) is 0 Å². The fourth-order valence-electron chi connectivity index (χ4n) is 2.23. The third-order valence-corrected chi connectivity index (χ3v) is 3.40. The summed E-state index contributed by atoms with van der Waals surface area (Å²) in [5.41, 5.74) is 2.23. The summed E-state index contributed by atoms with van der Waals surface area (Å²) in [6.45, 7) is 0.527. The minimum Gasteiger partial charge on any atom is -0.417 e. The lowest BCUT2D eigenvalue weighted by molar-refractivity contribution is 0.0918. The van der Waals surface area contributed by atoms with Crippen molar-refractivity contribution in [3.63, 3.8) is 0 Å². The molecule has 0 atom stereocenters. The van der Waals surface area contributed by atoms with E-state index in [4.69, 9.17) is 4.42 Å². The minimum atomic E-state index is -0.340. The van der Waals surface area contributed by atoms with Gasteiger partial charge in [-0.3, -0.25) is 4.79 Å². The van der Waals surface area contributed by atoms with Crippen molar-refractivity contribution in [1.29, 1.82) is 0 Å². The van der Waals surface area contributed by atoms with Gasteiger partial charge in [0.2, 0.25) is 5.89 Å². The average Bonchev–Trinajstić information content (AvgIpc) is 3.05. The van der Waals surface area contributed by atoms with Crippen molar-refractivity contribution < 1.29 is 9.21 Å². The highest BCUT2D eigenvalue weighted by Crippen LogP contribution is 2.08. The van der Waals surface area contributed by atoms with Crippen LogP contribution in [0.15, 0.2) is 65.1 Å². The van der Waals surface area contributed by atoms with Crippen molar-refractivity contribution in [3.05, 3.63) is 83.6 Å². The van der Waals surface area contributed by atoms with E-state index in [9.17, 15) is 4.79 Å². The molecule has 1 amide bonds. The zero-order chi connectivity index (χ0) is 15.9. The van der Waals surface area contributed by atoms with E-state index in [1.807, 2.05) is 60.7 Å². The first-order chi connectivity index (χ1) is 11.3. The molecule has 3 aromatic rings. The molecule has 5 heteroatoms. The van der Waals surface area contributed by atoms with Crippen LogP contribution in [0.3, 0.4) is 0 Å². The van der Waals surface area contributed by atoms with Crippen molar-refractivity contribution in [2.24, 2.45) is 0 Å². The average molecular weight is 307 g/mol. The first kappa shape index (κ1) is 15.0. The number of nitrogens with one attached hydrogen (secondary N) is 1. The molecule has 0 aliphatic heterocycles. The molecule has 1 aromatic heterocycles. The van der Waals surface area contributed by atoms with Crippen LogP contribution < -0.4 is 5.32 Å². The lowest BCUT2D eigenvalue weighted by Gasteiger charge is -2.02. The Morgan fingerprint density at radius 1 is 0.913 bits per heavy atom. The van der Waals surface area contributed by atoms with Crippen LogP contribution in [0.25, 0.3) is 0 Å². The third kappa shape index (κ3) is 4.26. The highest BCUT2D eigenvalue weighted by atomic mass is 16.4. The number of hydrogen-bond donors (Lipinski definition) is 1. The summed E-state index contributed by atoms with van der Waals surface area (Å²) in [7, 11) is 0. The van der Waals surface area contributed by atoms with Gasteiger partial charge in [0.1, 0.15) is 0 Å². The van der Waals surface area contributed by atoms with Gasteiger partial charge in [0, 0.05) is 6.54 Å². The maximum Gasteiger partial charge on any atom is 0.308 e. The van der Waals surface area contributed by atoms with Crippen LogP contribution in [-0.4, -0.2) is 22.6 Å². The second kappa shape index (κ2) is 7.35. The van der Waals surface area contributed by atoms with Crippen LogP contribution in [0.1, 0.15) is 27.7 Å². The number of aromatic nitrogens is 2. The van der Waals surface area contributed by atoms with Crippen molar-refractivity contribution in [1.82, 2.24) is 15.5 Å². The number of rotatable bonds is 6. The molecule has 2 aromatic carbocycles. The van der Waals surface area contributed by atoms with Crippen molar-refractivity contribution >= 4 is 5.91 Å². The van der Waals surface area contributed by atoms with Gasteiger partial charge in [-0.2, -0.15) is 0 Å². The summed E-state index contributed by atoms with van der Waals surface area (Å²) in [5.74, 6) is 0.0983. The van der Waals surface area contributed by atoms with Gasteiger partial charge in [-0.1, -0.05) is 60.7 Å². The summed E-state index contributed by atoms with van der Waals surface area (Å²) in [5, 5.41) is 10.5. The van der Waals surface area contributed by atoms with Crippen LogP contribution in [-0.2, 0) is 12.8 Å². The van der Waals surface area contributed by atoms with Gasteiger partial charge in [0.15, 0.2) is 0 Å². The van der Waals surface area contributed by atoms with Gasteiger partial charge in [-0.05, 0) is 17.5 Å². The zero-order valence-electron chi connectivity index (χ0n) is 12.6. The van der Waals surface area contributed by atoms with E-state index in [1.54, 1.807) is 0 Å². The van der Waals surface area contributed by atoms with Crippen LogP contribution in [0.4, 0.5) is 0 Å². The predicted octanol–water partition coefficient (Wildman–Crippen LogP) is 2.63. The van der Waals surface area contributed by atoms with Gasteiger partial charge in [-0.25, -0.2) is 0 Å². The number of nitrogens with zero attached hydrogens (tertiary/aromatic N) is 2. The topological polar surface area (TPSA) is 68.0 Å². The molecule has 0 bridgehead atoms. The molecule has 116 valence electrons. The number of hydrogen-bond acceptors (Lipinski definition) is 4. The fraction of sp³-hybridized carbons (Fsp3) is 0.167. The Morgan fingerprint density at radius 3 is 2.26 bits per heavy atom. The largest absolute Gasteiger partial charge is 0.417 e. The maximum absolute atomic E-state index is 12.0. The molecule has 0 aliphatic carbocycles. The SMILES string of the molecule is O=C(NCCc1ccccc1)c1nnc(Cc2ccccc2)o1. The van der Waals surface area contributed by atoms with Crippen LogP contribution in [0, 0.1) is 0 Å². The van der Waals surface area contributed by atoms with E-state index in [1.165, 1.54) is 5.56 Å². The minimum absolute atomic E-state index is 0.00370. The zero-order valence-corrected chi connectivity index (χ0v) is 12.6. The number of carbonyl (C=O) groups excluding carboxylic acids is 1. The Bertz CT molecular complexity index is 754. The van der Waals surface area contributed by atoms with Gasteiger partial charge < -0.3 is 9.73 Å². The Labute approximate surface area is 134 Å². The Hall–Kier alpha value is -2.95. The van der Waals surface area contributed by atoms with E-state index in [0.717, 1.165) is 12.0 Å². The Morgan fingerprint density at radius 2 is 1.57 bits per heavy atom. The monoisotopic (exact) mass is 307 g/mol. The highest BCUT2D eigenvalue weighted by molar-refractivity contribution is 5.89. The van der Waals surface area contributed by atoms with E-state index in [-0.39, 0.29) is 11.8 Å².